The lowest BCUT2D eigenvalue weighted by molar-refractivity contribution is 0.0845. The number of nitrogens with zero attached hydrogens (tertiary/aromatic N) is 1. The number of aromatic amines is 1. The molecule has 6 heteroatoms. The average molecular weight is 317 g/mol. The van der Waals surface area contributed by atoms with Crippen LogP contribution < -0.4 is 0 Å². The minimum Gasteiger partial charge on any atom is -0.359 e. The van der Waals surface area contributed by atoms with Gasteiger partial charge in [-0.15, -0.1) is 11.8 Å². The molecule has 1 unspecified atom stereocenters. The Balaban J connectivity index is 2.15. The summed E-state index contributed by atoms with van der Waals surface area (Å²) in [5, 5.41) is 1.28. The number of benzene rings is 1. The molecule has 1 aromatic heterocycles. The SMILES string of the molecule is CSCOC(Cc1ccc(Cl)cc1Cl)c1ncc[nH]1. The zero-order chi connectivity index (χ0) is 13.7. The van der Waals surface area contributed by atoms with Gasteiger partial charge in [0.2, 0.25) is 0 Å². The normalized spacial score (nSPS) is 12.6. The first-order valence-electron chi connectivity index (χ1n) is 5.74. The molecule has 0 radical (unpaired) electrons. The zero-order valence-electron chi connectivity index (χ0n) is 10.4. The Morgan fingerprint density at radius 2 is 2.26 bits per heavy atom. The maximum atomic E-state index is 6.19. The van der Waals surface area contributed by atoms with Crippen molar-refractivity contribution >= 4 is 35.0 Å². The van der Waals surface area contributed by atoms with Crippen molar-refractivity contribution < 1.29 is 4.74 Å². The van der Waals surface area contributed by atoms with E-state index < -0.39 is 0 Å². The molecule has 0 saturated carbocycles. The van der Waals surface area contributed by atoms with Crippen LogP contribution in [0.4, 0.5) is 0 Å². The van der Waals surface area contributed by atoms with Crippen LogP contribution in [-0.2, 0) is 11.2 Å². The van der Waals surface area contributed by atoms with E-state index in [0.717, 1.165) is 11.4 Å². The Morgan fingerprint density at radius 3 is 2.89 bits per heavy atom. The number of halogens is 2. The quantitative estimate of drug-likeness (QED) is 0.806. The van der Waals surface area contributed by atoms with Gasteiger partial charge in [-0.2, -0.15) is 0 Å². The molecule has 0 bridgehead atoms. The fourth-order valence-corrected chi connectivity index (χ4v) is 2.51. The van der Waals surface area contributed by atoms with Crippen LogP contribution in [0.3, 0.4) is 0 Å². The number of aromatic nitrogens is 2. The molecular weight excluding hydrogens is 303 g/mol. The highest BCUT2D eigenvalue weighted by Gasteiger charge is 2.17. The Bertz CT molecular complexity index is 519. The summed E-state index contributed by atoms with van der Waals surface area (Å²) in [6.07, 6.45) is 6.02. The molecule has 0 aliphatic carbocycles. The molecule has 0 amide bonds. The minimum absolute atomic E-state index is 0.138. The summed E-state index contributed by atoms with van der Waals surface area (Å²) in [6.45, 7) is 0. The van der Waals surface area contributed by atoms with Crippen LogP contribution in [0.15, 0.2) is 30.6 Å². The predicted molar refractivity (Wildman–Crippen MR) is 81.0 cm³/mol. The molecule has 0 spiro atoms. The molecular formula is C13H14Cl2N2OS. The van der Waals surface area contributed by atoms with Crippen LogP contribution in [0.5, 0.6) is 0 Å². The molecule has 0 fully saturated rings. The highest BCUT2D eigenvalue weighted by Crippen LogP contribution is 2.27. The summed E-state index contributed by atoms with van der Waals surface area (Å²) in [5.74, 6) is 1.41. The first-order valence-corrected chi connectivity index (χ1v) is 7.89. The van der Waals surface area contributed by atoms with Crippen molar-refractivity contribution in [2.75, 3.05) is 12.2 Å². The number of rotatable bonds is 6. The lowest BCUT2D eigenvalue weighted by Crippen LogP contribution is -2.10. The predicted octanol–water partition coefficient (Wildman–Crippen LogP) is 4.34. The van der Waals surface area contributed by atoms with E-state index in [4.69, 9.17) is 27.9 Å². The van der Waals surface area contributed by atoms with E-state index in [-0.39, 0.29) is 6.10 Å². The van der Waals surface area contributed by atoms with E-state index in [2.05, 4.69) is 9.97 Å². The van der Waals surface area contributed by atoms with Gasteiger partial charge in [-0.25, -0.2) is 4.98 Å². The van der Waals surface area contributed by atoms with E-state index in [1.165, 1.54) is 0 Å². The molecule has 1 heterocycles. The topological polar surface area (TPSA) is 37.9 Å². The third kappa shape index (κ3) is 4.14. The van der Waals surface area contributed by atoms with Crippen LogP contribution in [-0.4, -0.2) is 22.2 Å². The monoisotopic (exact) mass is 316 g/mol. The number of hydrogen-bond acceptors (Lipinski definition) is 3. The summed E-state index contributed by atoms with van der Waals surface area (Å²) in [4.78, 5) is 7.34. The van der Waals surface area contributed by atoms with Gasteiger partial charge in [0, 0.05) is 28.9 Å². The molecule has 0 aliphatic heterocycles. The molecule has 1 aromatic carbocycles. The van der Waals surface area contributed by atoms with Gasteiger partial charge >= 0.3 is 0 Å². The molecule has 1 atom stereocenters. The number of ether oxygens (including phenoxy) is 1. The Labute approximate surface area is 126 Å². The Hall–Kier alpha value is -0.680. The number of H-pyrrole nitrogens is 1. The second-order valence-corrected chi connectivity index (χ2v) is 5.63. The number of imidazole rings is 1. The highest BCUT2D eigenvalue weighted by molar-refractivity contribution is 7.98. The summed E-state index contributed by atoms with van der Waals surface area (Å²) in [6, 6.07) is 5.49. The second-order valence-electron chi connectivity index (χ2n) is 3.98. The summed E-state index contributed by atoms with van der Waals surface area (Å²) < 4.78 is 5.80. The standard InChI is InChI=1S/C13H14Cl2N2OS/c1-19-8-18-12(13-16-4-5-17-13)6-9-2-3-10(14)7-11(9)15/h2-5,7,12H,6,8H2,1H3,(H,16,17). The van der Waals surface area contributed by atoms with Gasteiger partial charge in [-0.05, 0) is 24.0 Å². The lowest BCUT2D eigenvalue weighted by Gasteiger charge is -2.16. The van der Waals surface area contributed by atoms with Gasteiger partial charge in [0.25, 0.3) is 0 Å². The van der Waals surface area contributed by atoms with E-state index in [9.17, 15) is 0 Å². The van der Waals surface area contributed by atoms with Crippen LogP contribution in [0.2, 0.25) is 10.0 Å². The van der Waals surface area contributed by atoms with Crippen molar-refractivity contribution in [2.45, 2.75) is 12.5 Å². The molecule has 3 nitrogen and oxygen atoms in total. The van der Waals surface area contributed by atoms with E-state index in [1.54, 1.807) is 30.2 Å². The Kier molecular flexibility index (Phi) is 5.58. The van der Waals surface area contributed by atoms with E-state index in [0.29, 0.717) is 22.4 Å². The molecule has 19 heavy (non-hydrogen) atoms. The summed E-state index contributed by atoms with van der Waals surface area (Å²) in [5.41, 5.74) is 0.994. The van der Waals surface area contributed by atoms with Crippen molar-refractivity contribution in [3.05, 3.63) is 52.0 Å². The van der Waals surface area contributed by atoms with Gasteiger partial charge < -0.3 is 9.72 Å². The fraction of sp³-hybridized carbons (Fsp3) is 0.308. The van der Waals surface area contributed by atoms with Crippen LogP contribution in [0.25, 0.3) is 0 Å². The van der Waals surface area contributed by atoms with Gasteiger partial charge in [-0.3, -0.25) is 0 Å². The van der Waals surface area contributed by atoms with E-state index >= 15 is 0 Å². The largest absolute Gasteiger partial charge is 0.359 e. The van der Waals surface area contributed by atoms with Gasteiger partial charge in [0.05, 0.1) is 5.94 Å². The molecule has 2 rings (SSSR count). The van der Waals surface area contributed by atoms with Crippen molar-refractivity contribution in [1.82, 2.24) is 9.97 Å². The maximum Gasteiger partial charge on any atom is 0.135 e. The molecule has 2 aromatic rings. The minimum atomic E-state index is -0.138. The lowest BCUT2D eigenvalue weighted by atomic mass is 10.1. The van der Waals surface area contributed by atoms with Crippen molar-refractivity contribution in [3.63, 3.8) is 0 Å². The fourth-order valence-electron chi connectivity index (χ4n) is 1.73. The number of thioether (sulfide) groups is 1. The second kappa shape index (κ2) is 7.20. The molecule has 102 valence electrons. The average Bonchev–Trinajstić information content (AvgIpc) is 2.90. The molecule has 0 saturated heterocycles. The van der Waals surface area contributed by atoms with Crippen LogP contribution in [0, 0.1) is 0 Å². The van der Waals surface area contributed by atoms with Gasteiger partial charge in [0.1, 0.15) is 11.9 Å². The first-order chi connectivity index (χ1) is 9.20. The highest BCUT2D eigenvalue weighted by atomic mass is 35.5. The smallest absolute Gasteiger partial charge is 0.135 e. The molecule has 0 aliphatic rings. The first kappa shape index (κ1) is 14.7. The van der Waals surface area contributed by atoms with Crippen LogP contribution >= 0.6 is 35.0 Å². The number of nitrogens with one attached hydrogen (secondary N) is 1. The summed E-state index contributed by atoms with van der Waals surface area (Å²) in [7, 11) is 0. The molecule has 1 N–H and O–H groups in total. The van der Waals surface area contributed by atoms with Gasteiger partial charge in [0.15, 0.2) is 0 Å². The van der Waals surface area contributed by atoms with Crippen molar-refractivity contribution in [3.8, 4) is 0 Å². The maximum absolute atomic E-state index is 6.19. The Morgan fingerprint density at radius 1 is 1.42 bits per heavy atom. The van der Waals surface area contributed by atoms with Crippen LogP contribution in [0.1, 0.15) is 17.5 Å². The van der Waals surface area contributed by atoms with Crippen molar-refractivity contribution in [1.29, 1.82) is 0 Å². The third-order valence-corrected chi connectivity index (χ3v) is 3.59. The van der Waals surface area contributed by atoms with E-state index in [1.807, 2.05) is 18.4 Å². The summed E-state index contributed by atoms with van der Waals surface area (Å²) >= 11 is 13.7. The van der Waals surface area contributed by atoms with Gasteiger partial charge in [-0.1, -0.05) is 29.3 Å². The zero-order valence-corrected chi connectivity index (χ0v) is 12.7. The third-order valence-electron chi connectivity index (χ3n) is 2.63. The number of hydrogen-bond donors (Lipinski definition) is 1. The van der Waals surface area contributed by atoms with Crippen molar-refractivity contribution in [2.24, 2.45) is 0 Å².